The second-order valence-corrected chi connectivity index (χ2v) is 5.68. The fourth-order valence-corrected chi connectivity index (χ4v) is 3.24. The Morgan fingerprint density at radius 2 is 2.37 bits per heavy atom. The quantitative estimate of drug-likeness (QED) is 0.899. The number of carboxylic acids is 1. The molecule has 1 N–H and O–H groups in total. The molecule has 0 spiro atoms. The number of piperazine rings is 1. The van der Waals surface area contributed by atoms with Gasteiger partial charge in [-0.25, -0.2) is 4.79 Å². The number of nitrogens with zero attached hydrogens (tertiary/aromatic N) is 2. The summed E-state index contributed by atoms with van der Waals surface area (Å²) in [5.41, 5.74) is 0.238. The number of rotatable bonds is 3. The molecule has 104 valence electrons. The maximum absolute atomic E-state index is 10.8. The topological polar surface area (TPSA) is 56.9 Å². The summed E-state index contributed by atoms with van der Waals surface area (Å²) < 4.78 is 5.35. The average molecular weight is 264 g/mol. The van der Waals surface area contributed by atoms with Gasteiger partial charge in [-0.05, 0) is 32.4 Å². The van der Waals surface area contributed by atoms with Crippen molar-refractivity contribution in [2.45, 2.75) is 38.4 Å². The van der Waals surface area contributed by atoms with Gasteiger partial charge >= 0.3 is 5.97 Å². The molecule has 0 radical (unpaired) electrons. The van der Waals surface area contributed by atoms with Gasteiger partial charge in [-0.2, -0.15) is 0 Å². The van der Waals surface area contributed by atoms with Gasteiger partial charge in [-0.1, -0.05) is 0 Å². The van der Waals surface area contributed by atoms with E-state index in [9.17, 15) is 4.79 Å². The lowest BCUT2D eigenvalue weighted by atomic mass is 10.1. The SMILES string of the molecule is CC1CN2CCCC2CN1Cc1cc(C(=O)O)co1. The van der Waals surface area contributed by atoms with E-state index in [0.717, 1.165) is 18.8 Å². The molecule has 2 aliphatic rings. The zero-order valence-corrected chi connectivity index (χ0v) is 11.2. The second-order valence-electron chi connectivity index (χ2n) is 5.68. The number of hydrogen-bond donors (Lipinski definition) is 1. The summed E-state index contributed by atoms with van der Waals surface area (Å²) in [6, 6.07) is 2.80. The largest absolute Gasteiger partial charge is 0.478 e. The van der Waals surface area contributed by atoms with Crippen molar-refractivity contribution in [2.75, 3.05) is 19.6 Å². The highest BCUT2D eigenvalue weighted by Crippen LogP contribution is 2.26. The summed E-state index contributed by atoms with van der Waals surface area (Å²) in [5.74, 6) is -0.181. The molecule has 19 heavy (non-hydrogen) atoms. The van der Waals surface area contributed by atoms with Gasteiger partial charge in [0.25, 0.3) is 0 Å². The Kier molecular flexibility index (Phi) is 3.33. The van der Waals surface area contributed by atoms with Crippen LogP contribution in [0.1, 0.15) is 35.9 Å². The molecule has 1 aromatic heterocycles. The monoisotopic (exact) mass is 264 g/mol. The van der Waals surface area contributed by atoms with E-state index in [1.807, 2.05) is 0 Å². The van der Waals surface area contributed by atoms with Crippen molar-refractivity contribution in [3.05, 3.63) is 23.7 Å². The average Bonchev–Trinajstić information content (AvgIpc) is 2.98. The van der Waals surface area contributed by atoms with Gasteiger partial charge in [-0.15, -0.1) is 0 Å². The van der Waals surface area contributed by atoms with Gasteiger partial charge in [-0.3, -0.25) is 9.80 Å². The van der Waals surface area contributed by atoms with Crippen LogP contribution in [0.15, 0.2) is 16.7 Å². The third kappa shape index (κ3) is 2.53. The van der Waals surface area contributed by atoms with Gasteiger partial charge in [0.15, 0.2) is 0 Å². The molecule has 2 unspecified atom stereocenters. The van der Waals surface area contributed by atoms with Crippen molar-refractivity contribution in [2.24, 2.45) is 0 Å². The first-order chi connectivity index (χ1) is 9.13. The molecule has 1 aromatic rings. The first-order valence-electron chi connectivity index (χ1n) is 6.92. The number of carbonyl (C=O) groups is 1. The van der Waals surface area contributed by atoms with Crippen molar-refractivity contribution in [3.8, 4) is 0 Å². The Bertz CT molecular complexity index is 471. The predicted octanol–water partition coefficient (Wildman–Crippen LogP) is 1.65. The fourth-order valence-electron chi connectivity index (χ4n) is 3.24. The summed E-state index contributed by atoms with van der Waals surface area (Å²) in [6.07, 6.45) is 3.91. The maximum atomic E-state index is 10.8. The second kappa shape index (κ2) is 4.98. The van der Waals surface area contributed by atoms with Crippen LogP contribution >= 0.6 is 0 Å². The number of carboxylic acid groups (broad SMARTS) is 1. The highest BCUT2D eigenvalue weighted by Gasteiger charge is 2.34. The molecule has 3 rings (SSSR count). The van der Waals surface area contributed by atoms with Crippen molar-refractivity contribution < 1.29 is 14.3 Å². The molecular weight excluding hydrogens is 244 g/mol. The number of hydrogen-bond acceptors (Lipinski definition) is 4. The van der Waals surface area contributed by atoms with E-state index >= 15 is 0 Å². The smallest absolute Gasteiger partial charge is 0.338 e. The summed E-state index contributed by atoms with van der Waals surface area (Å²) in [4.78, 5) is 15.8. The van der Waals surface area contributed by atoms with Gasteiger partial charge in [0.2, 0.25) is 0 Å². The van der Waals surface area contributed by atoms with Crippen LogP contribution in [0, 0.1) is 0 Å². The Hall–Kier alpha value is -1.33. The first-order valence-corrected chi connectivity index (χ1v) is 6.92. The lowest BCUT2D eigenvalue weighted by Crippen LogP contribution is -2.54. The molecule has 0 aromatic carbocycles. The standard InChI is InChI=1S/C14H20N2O3/c1-10-6-15-4-2-3-12(15)7-16(10)8-13-5-11(9-19-13)14(17)18/h5,9-10,12H,2-4,6-8H2,1H3,(H,17,18). The molecule has 5 heteroatoms. The van der Waals surface area contributed by atoms with E-state index < -0.39 is 5.97 Å². The highest BCUT2D eigenvalue weighted by atomic mass is 16.4. The predicted molar refractivity (Wildman–Crippen MR) is 70.1 cm³/mol. The molecule has 5 nitrogen and oxygen atoms in total. The minimum absolute atomic E-state index is 0.238. The van der Waals surface area contributed by atoms with E-state index in [1.54, 1.807) is 6.07 Å². The molecular formula is C14H20N2O3. The minimum Gasteiger partial charge on any atom is -0.478 e. The van der Waals surface area contributed by atoms with Crippen molar-refractivity contribution >= 4 is 5.97 Å². The van der Waals surface area contributed by atoms with E-state index in [0.29, 0.717) is 18.6 Å². The molecule has 2 fully saturated rings. The van der Waals surface area contributed by atoms with E-state index in [-0.39, 0.29) is 5.56 Å². The zero-order valence-electron chi connectivity index (χ0n) is 11.2. The lowest BCUT2D eigenvalue weighted by molar-refractivity contribution is 0.0494. The molecule has 2 saturated heterocycles. The molecule has 0 bridgehead atoms. The van der Waals surface area contributed by atoms with E-state index in [4.69, 9.17) is 9.52 Å². The molecule has 0 aliphatic carbocycles. The van der Waals surface area contributed by atoms with E-state index in [1.165, 1.54) is 25.6 Å². The Morgan fingerprint density at radius 3 is 3.11 bits per heavy atom. The number of fused-ring (bicyclic) bond motifs is 1. The fraction of sp³-hybridized carbons (Fsp3) is 0.643. The molecule has 0 saturated carbocycles. The summed E-state index contributed by atoms with van der Waals surface area (Å²) in [6.45, 7) is 6.34. The van der Waals surface area contributed by atoms with Gasteiger partial charge in [0, 0.05) is 25.2 Å². The van der Waals surface area contributed by atoms with E-state index in [2.05, 4.69) is 16.7 Å². The summed E-state index contributed by atoms with van der Waals surface area (Å²) >= 11 is 0. The number of furan rings is 1. The lowest BCUT2D eigenvalue weighted by Gasteiger charge is -2.41. The van der Waals surface area contributed by atoms with Crippen LogP contribution in [0.5, 0.6) is 0 Å². The molecule has 2 aliphatic heterocycles. The zero-order chi connectivity index (χ0) is 13.4. The van der Waals surface area contributed by atoms with Crippen LogP contribution in [0.2, 0.25) is 0 Å². The van der Waals surface area contributed by atoms with Crippen LogP contribution < -0.4 is 0 Å². The minimum atomic E-state index is -0.927. The van der Waals surface area contributed by atoms with Crippen LogP contribution in [0.4, 0.5) is 0 Å². The van der Waals surface area contributed by atoms with Crippen LogP contribution in [0.3, 0.4) is 0 Å². The normalized spacial score (nSPS) is 28.5. The Balaban J connectivity index is 1.66. The molecule has 3 heterocycles. The Labute approximate surface area is 112 Å². The van der Waals surface area contributed by atoms with Gasteiger partial charge in [0.05, 0.1) is 12.1 Å². The summed E-state index contributed by atoms with van der Waals surface area (Å²) in [7, 11) is 0. The number of aromatic carboxylic acids is 1. The van der Waals surface area contributed by atoms with Gasteiger partial charge < -0.3 is 9.52 Å². The molecule has 0 amide bonds. The van der Waals surface area contributed by atoms with Crippen molar-refractivity contribution in [3.63, 3.8) is 0 Å². The highest BCUT2D eigenvalue weighted by molar-refractivity contribution is 5.87. The maximum Gasteiger partial charge on any atom is 0.338 e. The summed E-state index contributed by atoms with van der Waals surface area (Å²) in [5, 5.41) is 8.90. The van der Waals surface area contributed by atoms with Crippen LogP contribution in [-0.2, 0) is 6.54 Å². The van der Waals surface area contributed by atoms with Crippen LogP contribution in [0.25, 0.3) is 0 Å². The van der Waals surface area contributed by atoms with Crippen molar-refractivity contribution in [1.82, 2.24) is 9.80 Å². The van der Waals surface area contributed by atoms with Crippen LogP contribution in [-0.4, -0.2) is 52.6 Å². The Morgan fingerprint density at radius 1 is 1.53 bits per heavy atom. The molecule has 2 atom stereocenters. The third-order valence-corrected chi connectivity index (χ3v) is 4.33. The van der Waals surface area contributed by atoms with Crippen molar-refractivity contribution in [1.29, 1.82) is 0 Å². The van der Waals surface area contributed by atoms with Gasteiger partial charge in [0.1, 0.15) is 12.0 Å². The third-order valence-electron chi connectivity index (χ3n) is 4.33. The first kappa shape index (κ1) is 12.7.